The number of rotatable bonds is 4. The third-order valence-corrected chi connectivity index (χ3v) is 5.76. The molecule has 5 nitrogen and oxygen atoms in total. The zero-order chi connectivity index (χ0) is 19.2. The molecule has 0 spiro atoms. The Bertz CT molecular complexity index is 920. The molecule has 1 heterocycles. The number of nitrogens with one attached hydrogen (secondary N) is 2. The van der Waals surface area contributed by atoms with Crippen molar-refractivity contribution >= 4 is 11.8 Å². The predicted molar refractivity (Wildman–Crippen MR) is 107 cm³/mol. The van der Waals surface area contributed by atoms with Crippen molar-refractivity contribution in [1.29, 1.82) is 0 Å². The molecular weight excluding hydrogens is 340 g/mol. The molecule has 4 rings (SSSR count). The highest BCUT2D eigenvalue weighted by molar-refractivity contribution is 6.02. The summed E-state index contributed by atoms with van der Waals surface area (Å²) < 4.78 is 5.98. The van der Waals surface area contributed by atoms with Gasteiger partial charge in [-0.2, -0.15) is 0 Å². The molecule has 2 amide bonds. The molecule has 1 fully saturated rings. The Morgan fingerprint density at radius 3 is 2.52 bits per heavy atom. The van der Waals surface area contributed by atoms with Gasteiger partial charge in [-0.1, -0.05) is 37.3 Å². The van der Waals surface area contributed by atoms with Crippen molar-refractivity contribution in [2.24, 2.45) is 5.92 Å². The van der Waals surface area contributed by atoms with Crippen molar-refractivity contribution in [2.75, 3.05) is 13.7 Å². The summed E-state index contributed by atoms with van der Waals surface area (Å²) in [5.74, 6) is 0.689. The van der Waals surface area contributed by atoms with Gasteiger partial charge < -0.3 is 15.4 Å². The van der Waals surface area contributed by atoms with Gasteiger partial charge in [0.1, 0.15) is 12.4 Å². The molecule has 0 saturated heterocycles. The number of ether oxygens (including phenoxy) is 1. The van der Waals surface area contributed by atoms with Gasteiger partial charge in [-0.3, -0.25) is 9.59 Å². The molecular formula is C22H28N2O3. The van der Waals surface area contributed by atoms with Gasteiger partial charge in [0, 0.05) is 27.1 Å². The highest BCUT2D eigenvalue weighted by Crippen LogP contribution is 2.45. The summed E-state index contributed by atoms with van der Waals surface area (Å²) in [6, 6.07) is 13.8. The Morgan fingerprint density at radius 2 is 1.89 bits per heavy atom. The van der Waals surface area contributed by atoms with E-state index in [2.05, 4.69) is 36.6 Å². The van der Waals surface area contributed by atoms with Crippen LogP contribution in [-0.2, 0) is 5.41 Å². The Kier molecular flexibility index (Phi) is 4.17. The summed E-state index contributed by atoms with van der Waals surface area (Å²) in [4.78, 5) is 25.2. The second-order valence-electron chi connectivity index (χ2n) is 7.76. The van der Waals surface area contributed by atoms with Crippen LogP contribution in [0, 0.1) is 5.92 Å². The maximum Gasteiger partial charge on any atom is 0.254 e. The smallest absolute Gasteiger partial charge is 0.254 e. The van der Waals surface area contributed by atoms with Crippen LogP contribution in [-0.4, -0.2) is 31.5 Å². The summed E-state index contributed by atoms with van der Waals surface area (Å²) in [5, 5.41) is 5.70. The Labute approximate surface area is 162 Å². The van der Waals surface area contributed by atoms with Crippen LogP contribution in [0.4, 0.5) is 0 Å². The molecule has 5 heteroatoms. The van der Waals surface area contributed by atoms with Crippen LogP contribution in [0.3, 0.4) is 0 Å². The summed E-state index contributed by atoms with van der Waals surface area (Å²) in [7, 11) is 1.58. The van der Waals surface area contributed by atoms with Gasteiger partial charge in [-0.05, 0) is 37.0 Å². The van der Waals surface area contributed by atoms with E-state index >= 15 is 0 Å². The Balaban J connectivity index is 0.00000150. The van der Waals surface area contributed by atoms with Crippen LogP contribution in [0.1, 0.15) is 55.0 Å². The SMILES string of the molecule is CNC(=O)c1cc(C(=O)N[C@H]2C[C@@H]2C)cc2c1OC[C@@]2(C)c1ccccc1.[HH].[HH]. The fourth-order valence-electron chi connectivity index (χ4n) is 3.74. The number of carbonyl (C=O) groups is 2. The maximum absolute atomic E-state index is 12.8. The van der Waals surface area contributed by atoms with Crippen LogP contribution in [0.25, 0.3) is 0 Å². The number of hydrogen-bond acceptors (Lipinski definition) is 3. The second-order valence-corrected chi connectivity index (χ2v) is 7.76. The van der Waals surface area contributed by atoms with E-state index in [1.54, 1.807) is 13.1 Å². The fraction of sp³-hybridized carbons (Fsp3) is 0.364. The highest BCUT2D eigenvalue weighted by atomic mass is 16.5. The lowest BCUT2D eigenvalue weighted by molar-refractivity contribution is 0.0949. The topological polar surface area (TPSA) is 67.4 Å². The van der Waals surface area contributed by atoms with Crippen molar-refractivity contribution in [2.45, 2.75) is 31.7 Å². The van der Waals surface area contributed by atoms with E-state index < -0.39 is 5.41 Å². The molecule has 2 aromatic rings. The lowest BCUT2D eigenvalue weighted by atomic mass is 9.77. The van der Waals surface area contributed by atoms with E-state index in [1.807, 2.05) is 24.3 Å². The third kappa shape index (κ3) is 2.97. The minimum atomic E-state index is -0.414. The quantitative estimate of drug-likeness (QED) is 0.869. The van der Waals surface area contributed by atoms with Crippen LogP contribution in [0.15, 0.2) is 42.5 Å². The standard InChI is InChI=1S/C22H24N2O3.2H2/c1-13-9-18(13)24-20(25)14-10-16(21(26)23-3)19-17(11-14)22(2,12-27-19)15-7-5-4-6-8-15;;/h4-8,10-11,13,18H,9,12H2,1-3H3,(H,23,26)(H,24,25);2*1H/t13-,18-,22-;;/m0../s1. The van der Waals surface area contributed by atoms with E-state index in [9.17, 15) is 9.59 Å². The summed E-state index contributed by atoms with van der Waals surface area (Å²) >= 11 is 0. The third-order valence-electron chi connectivity index (χ3n) is 5.76. The van der Waals surface area contributed by atoms with Gasteiger partial charge in [-0.25, -0.2) is 0 Å². The molecule has 27 heavy (non-hydrogen) atoms. The minimum Gasteiger partial charge on any atom is -0.491 e. The summed E-state index contributed by atoms with van der Waals surface area (Å²) in [6.07, 6.45) is 1.00. The van der Waals surface area contributed by atoms with Gasteiger partial charge in [0.2, 0.25) is 0 Å². The first-order valence-electron chi connectivity index (χ1n) is 9.34. The summed E-state index contributed by atoms with van der Waals surface area (Å²) in [5.41, 5.74) is 2.47. The van der Waals surface area contributed by atoms with Gasteiger partial charge in [-0.15, -0.1) is 0 Å². The molecule has 1 aliphatic carbocycles. The molecule has 2 aliphatic rings. The van der Waals surface area contributed by atoms with Crippen molar-refractivity contribution in [3.8, 4) is 5.75 Å². The second kappa shape index (κ2) is 6.41. The molecule has 3 atom stereocenters. The van der Waals surface area contributed by atoms with Gasteiger partial charge in [0.15, 0.2) is 0 Å². The number of hydrogen-bond donors (Lipinski definition) is 2. The van der Waals surface area contributed by atoms with Crippen LogP contribution in [0.2, 0.25) is 0 Å². The molecule has 0 aromatic heterocycles. The number of amides is 2. The number of fused-ring (bicyclic) bond motifs is 1. The first-order chi connectivity index (χ1) is 12.9. The Morgan fingerprint density at radius 1 is 1.19 bits per heavy atom. The predicted octanol–water partition coefficient (Wildman–Crippen LogP) is 3.37. The Hall–Kier alpha value is -2.82. The monoisotopic (exact) mass is 368 g/mol. The molecule has 144 valence electrons. The van der Waals surface area contributed by atoms with Crippen molar-refractivity contribution in [3.05, 3.63) is 64.7 Å². The first-order valence-corrected chi connectivity index (χ1v) is 9.34. The van der Waals surface area contributed by atoms with Crippen LogP contribution < -0.4 is 15.4 Å². The van der Waals surface area contributed by atoms with Gasteiger partial charge in [0.25, 0.3) is 11.8 Å². The largest absolute Gasteiger partial charge is 0.491 e. The lowest BCUT2D eigenvalue weighted by Crippen LogP contribution is -2.29. The lowest BCUT2D eigenvalue weighted by Gasteiger charge is -2.24. The van der Waals surface area contributed by atoms with E-state index in [0.717, 1.165) is 17.5 Å². The summed E-state index contributed by atoms with van der Waals surface area (Å²) in [6.45, 7) is 4.64. The van der Waals surface area contributed by atoms with Crippen molar-refractivity contribution < 1.29 is 17.2 Å². The maximum atomic E-state index is 12.8. The average Bonchev–Trinajstić information content (AvgIpc) is 3.27. The van der Waals surface area contributed by atoms with E-state index in [0.29, 0.717) is 29.4 Å². The molecule has 1 saturated carbocycles. The minimum absolute atomic E-state index is 0. The first kappa shape index (κ1) is 17.6. The van der Waals surface area contributed by atoms with Crippen molar-refractivity contribution in [1.82, 2.24) is 10.6 Å². The molecule has 2 aromatic carbocycles. The van der Waals surface area contributed by atoms with E-state index in [1.165, 1.54) is 0 Å². The van der Waals surface area contributed by atoms with Crippen LogP contribution in [0.5, 0.6) is 5.75 Å². The molecule has 0 bridgehead atoms. The van der Waals surface area contributed by atoms with E-state index in [-0.39, 0.29) is 20.7 Å². The van der Waals surface area contributed by atoms with Gasteiger partial charge in [0.05, 0.1) is 11.0 Å². The molecule has 1 aliphatic heterocycles. The number of benzene rings is 2. The zero-order valence-corrected chi connectivity index (χ0v) is 15.8. The van der Waals surface area contributed by atoms with Gasteiger partial charge >= 0.3 is 0 Å². The van der Waals surface area contributed by atoms with Crippen LogP contribution >= 0.6 is 0 Å². The van der Waals surface area contributed by atoms with E-state index in [4.69, 9.17) is 4.74 Å². The average molecular weight is 368 g/mol. The molecule has 2 N–H and O–H groups in total. The fourth-order valence-corrected chi connectivity index (χ4v) is 3.74. The number of carbonyl (C=O) groups excluding carboxylic acids is 2. The zero-order valence-electron chi connectivity index (χ0n) is 15.8. The molecule has 0 unspecified atom stereocenters. The highest BCUT2D eigenvalue weighted by Gasteiger charge is 2.41. The molecule has 0 radical (unpaired) electrons. The van der Waals surface area contributed by atoms with Crippen molar-refractivity contribution in [3.63, 3.8) is 0 Å². The normalized spacial score (nSPS) is 25.3.